The molecule has 1 fully saturated rings. The van der Waals surface area contributed by atoms with E-state index in [-0.39, 0.29) is 23.4 Å². The second-order valence-corrected chi connectivity index (χ2v) is 6.96. The Bertz CT molecular complexity index is 990. The summed E-state index contributed by atoms with van der Waals surface area (Å²) in [5, 5.41) is 10.9. The third kappa shape index (κ3) is 5.50. The van der Waals surface area contributed by atoms with Crippen LogP contribution in [0, 0.1) is 0 Å². The zero-order valence-electron chi connectivity index (χ0n) is 17.0. The first-order chi connectivity index (χ1) is 14.3. The molecular weight excluding hydrogens is 398 g/mol. The van der Waals surface area contributed by atoms with Crippen molar-refractivity contribution in [3.63, 3.8) is 0 Å². The molecule has 1 saturated heterocycles. The van der Waals surface area contributed by atoms with E-state index < -0.39 is 12.5 Å². The van der Waals surface area contributed by atoms with Crippen LogP contribution < -0.4 is 10.1 Å². The lowest BCUT2D eigenvalue weighted by Crippen LogP contribution is -2.17. The number of halogens is 2. The fourth-order valence-corrected chi connectivity index (χ4v) is 2.74. The molecule has 1 N–H and O–H groups in total. The fourth-order valence-electron chi connectivity index (χ4n) is 2.74. The molecule has 0 radical (unpaired) electrons. The second kappa shape index (κ2) is 9.61. The molecule has 0 aromatic carbocycles. The quantitative estimate of drug-likeness (QED) is 0.677. The van der Waals surface area contributed by atoms with Crippen molar-refractivity contribution >= 4 is 22.8 Å². The summed E-state index contributed by atoms with van der Waals surface area (Å²) in [6.45, 7) is 2.82. The number of aromatic nitrogens is 5. The summed E-state index contributed by atoms with van der Waals surface area (Å²) in [6, 6.07) is 2.87. The molecule has 0 bridgehead atoms. The highest BCUT2D eigenvalue weighted by Crippen LogP contribution is 2.24. The van der Waals surface area contributed by atoms with E-state index in [1.54, 1.807) is 37.8 Å². The van der Waals surface area contributed by atoms with Crippen LogP contribution in [0.15, 0.2) is 24.5 Å². The number of nitrogens with one attached hydrogen (secondary N) is 1. The molecule has 162 valence electrons. The van der Waals surface area contributed by atoms with Gasteiger partial charge < -0.3 is 14.8 Å². The number of carbonyl (C=O) groups is 1. The zero-order chi connectivity index (χ0) is 21.7. The average Bonchev–Trinajstić information content (AvgIpc) is 3.42. The van der Waals surface area contributed by atoms with Gasteiger partial charge in [-0.2, -0.15) is 24.0 Å². The van der Waals surface area contributed by atoms with E-state index in [4.69, 9.17) is 9.47 Å². The van der Waals surface area contributed by atoms with Crippen molar-refractivity contribution in [1.82, 2.24) is 24.5 Å². The van der Waals surface area contributed by atoms with Gasteiger partial charge in [0.25, 0.3) is 5.91 Å². The van der Waals surface area contributed by atoms with Gasteiger partial charge in [0, 0.05) is 44.1 Å². The summed E-state index contributed by atoms with van der Waals surface area (Å²) in [7, 11) is 1.74. The molecule has 11 heteroatoms. The SMILES string of the molecule is C1CCOC1.CC(C)Oc1nc2nn(C)cc2cc1C(=O)Nc1ccn(C(F)F)n1. The lowest BCUT2D eigenvalue weighted by atomic mass is 10.2. The van der Waals surface area contributed by atoms with Crippen molar-refractivity contribution in [2.45, 2.75) is 39.3 Å². The normalized spacial score (nSPS) is 13.6. The number of rotatable bonds is 5. The van der Waals surface area contributed by atoms with Crippen LogP contribution in [0.25, 0.3) is 11.0 Å². The highest BCUT2D eigenvalue weighted by Gasteiger charge is 2.19. The van der Waals surface area contributed by atoms with Gasteiger partial charge in [0.15, 0.2) is 11.5 Å². The predicted octanol–water partition coefficient (Wildman–Crippen LogP) is 3.40. The lowest BCUT2D eigenvalue weighted by Gasteiger charge is -2.12. The summed E-state index contributed by atoms with van der Waals surface area (Å²) < 4.78 is 37.7. The molecule has 1 aliphatic heterocycles. The van der Waals surface area contributed by atoms with Gasteiger partial charge in [-0.1, -0.05) is 0 Å². The number of carbonyl (C=O) groups excluding carboxylic acids is 1. The summed E-state index contributed by atoms with van der Waals surface area (Å²) in [5.41, 5.74) is 0.609. The van der Waals surface area contributed by atoms with Gasteiger partial charge in [-0.25, -0.2) is 4.68 Å². The lowest BCUT2D eigenvalue weighted by molar-refractivity contribution is 0.0568. The first-order valence-electron chi connectivity index (χ1n) is 9.57. The van der Waals surface area contributed by atoms with Crippen LogP contribution in [-0.4, -0.2) is 49.8 Å². The van der Waals surface area contributed by atoms with E-state index in [9.17, 15) is 13.6 Å². The van der Waals surface area contributed by atoms with Gasteiger partial charge in [0.05, 0.1) is 6.10 Å². The molecule has 9 nitrogen and oxygen atoms in total. The van der Waals surface area contributed by atoms with Gasteiger partial charge in [0.2, 0.25) is 5.88 Å². The molecule has 0 aliphatic carbocycles. The third-order valence-electron chi connectivity index (χ3n) is 4.04. The molecule has 30 heavy (non-hydrogen) atoms. The van der Waals surface area contributed by atoms with Crippen LogP contribution in [0.4, 0.5) is 14.6 Å². The third-order valence-corrected chi connectivity index (χ3v) is 4.04. The maximum absolute atomic E-state index is 12.6. The molecule has 4 heterocycles. The molecule has 0 unspecified atom stereocenters. The van der Waals surface area contributed by atoms with Crippen molar-refractivity contribution < 1.29 is 23.0 Å². The molecular formula is C19H24F2N6O3. The number of pyridine rings is 1. The number of ether oxygens (including phenoxy) is 2. The largest absolute Gasteiger partial charge is 0.474 e. The molecule has 3 aromatic rings. The minimum atomic E-state index is -2.78. The molecule has 0 saturated carbocycles. The number of hydrogen-bond donors (Lipinski definition) is 1. The van der Waals surface area contributed by atoms with E-state index in [0.29, 0.717) is 15.7 Å². The van der Waals surface area contributed by atoms with Crippen LogP contribution in [0.5, 0.6) is 5.88 Å². The van der Waals surface area contributed by atoms with E-state index >= 15 is 0 Å². The van der Waals surface area contributed by atoms with Crippen LogP contribution in [0.3, 0.4) is 0 Å². The average molecular weight is 422 g/mol. The number of amides is 1. The Labute approximate surface area is 172 Å². The second-order valence-electron chi connectivity index (χ2n) is 6.96. The minimum Gasteiger partial charge on any atom is -0.474 e. The first-order valence-corrected chi connectivity index (χ1v) is 9.57. The summed E-state index contributed by atoms with van der Waals surface area (Å²) >= 11 is 0. The van der Waals surface area contributed by atoms with E-state index in [2.05, 4.69) is 20.5 Å². The van der Waals surface area contributed by atoms with Gasteiger partial charge in [0.1, 0.15) is 5.56 Å². The molecule has 0 spiro atoms. The van der Waals surface area contributed by atoms with Crippen LogP contribution in [0.2, 0.25) is 0 Å². The topological polar surface area (TPSA) is 96.1 Å². The zero-order valence-corrected chi connectivity index (χ0v) is 17.0. The van der Waals surface area contributed by atoms with E-state index in [1.807, 2.05) is 0 Å². The standard InChI is InChI=1S/C15H16F2N6O2.C4H8O/c1-8(2)25-14-10(6-9-7-22(3)21-12(9)19-14)13(24)18-11-4-5-23(20-11)15(16)17;1-2-4-5-3-1/h4-8,15H,1-3H3,(H,18,20,24);1-4H2. The van der Waals surface area contributed by atoms with Crippen molar-refractivity contribution in [2.75, 3.05) is 18.5 Å². The molecule has 1 amide bonds. The van der Waals surface area contributed by atoms with E-state index in [0.717, 1.165) is 19.4 Å². The maximum atomic E-state index is 12.6. The Morgan fingerprint density at radius 2 is 2.00 bits per heavy atom. The van der Waals surface area contributed by atoms with Crippen molar-refractivity contribution in [2.24, 2.45) is 7.05 Å². The van der Waals surface area contributed by atoms with Crippen molar-refractivity contribution in [1.29, 1.82) is 0 Å². The number of aryl methyl sites for hydroxylation is 1. The maximum Gasteiger partial charge on any atom is 0.333 e. The smallest absolute Gasteiger partial charge is 0.333 e. The van der Waals surface area contributed by atoms with Crippen molar-refractivity contribution in [3.8, 4) is 5.88 Å². The van der Waals surface area contributed by atoms with Crippen LogP contribution >= 0.6 is 0 Å². The number of hydrogen-bond acceptors (Lipinski definition) is 6. The Balaban J connectivity index is 0.000000448. The van der Waals surface area contributed by atoms with Crippen molar-refractivity contribution in [3.05, 3.63) is 30.1 Å². The molecule has 1 aliphatic rings. The minimum absolute atomic E-state index is 0.00656. The number of anilines is 1. The van der Waals surface area contributed by atoms with Gasteiger partial charge in [-0.05, 0) is 32.8 Å². The predicted molar refractivity (Wildman–Crippen MR) is 106 cm³/mol. The monoisotopic (exact) mass is 422 g/mol. The summed E-state index contributed by atoms with van der Waals surface area (Å²) in [6.07, 6.45) is 5.14. The Morgan fingerprint density at radius 1 is 1.27 bits per heavy atom. The Hall–Kier alpha value is -3.08. The molecule has 4 rings (SSSR count). The van der Waals surface area contributed by atoms with Gasteiger partial charge >= 0.3 is 6.55 Å². The van der Waals surface area contributed by atoms with Crippen LogP contribution in [0.1, 0.15) is 43.6 Å². The number of nitrogens with zero attached hydrogens (tertiary/aromatic N) is 5. The first kappa shape index (κ1) is 21.6. The Kier molecular flexibility index (Phi) is 6.93. The van der Waals surface area contributed by atoms with Crippen LogP contribution in [-0.2, 0) is 11.8 Å². The summed E-state index contributed by atoms with van der Waals surface area (Å²) in [5.74, 6) is -0.438. The highest BCUT2D eigenvalue weighted by atomic mass is 19.3. The van der Waals surface area contributed by atoms with E-state index in [1.165, 1.54) is 18.9 Å². The molecule has 0 atom stereocenters. The summed E-state index contributed by atoms with van der Waals surface area (Å²) in [4.78, 5) is 16.8. The Morgan fingerprint density at radius 3 is 2.57 bits per heavy atom. The van der Waals surface area contributed by atoms with Gasteiger partial charge in [-0.15, -0.1) is 0 Å². The fraction of sp³-hybridized carbons (Fsp3) is 0.474. The molecule has 3 aromatic heterocycles. The highest BCUT2D eigenvalue weighted by molar-refractivity contribution is 6.07. The van der Waals surface area contributed by atoms with Gasteiger partial charge in [-0.3, -0.25) is 9.48 Å². The number of fused-ring (bicyclic) bond motifs is 1. The number of alkyl halides is 2.